The Morgan fingerprint density at radius 3 is 2.88 bits per heavy atom. The molecule has 0 aliphatic rings. The van der Waals surface area contributed by atoms with Gasteiger partial charge in [0.2, 0.25) is 5.91 Å². The Kier molecular flexibility index (Phi) is 4.49. The zero-order valence-corrected chi connectivity index (χ0v) is 10.2. The third-order valence-corrected chi connectivity index (χ3v) is 2.54. The van der Waals surface area contributed by atoms with E-state index in [1.807, 2.05) is 27.0 Å². The molecule has 1 aromatic heterocycles. The third-order valence-electron chi connectivity index (χ3n) is 2.54. The van der Waals surface area contributed by atoms with Gasteiger partial charge in [-0.3, -0.25) is 9.48 Å². The molecule has 0 radical (unpaired) electrons. The van der Waals surface area contributed by atoms with Gasteiger partial charge in [-0.2, -0.15) is 5.10 Å². The van der Waals surface area contributed by atoms with E-state index in [0.717, 1.165) is 24.4 Å². The molecule has 0 saturated heterocycles. The predicted octanol–water partition coefficient (Wildman–Crippen LogP) is 1.04. The third kappa shape index (κ3) is 3.34. The van der Waals surface area contributed by atoms with E-state index in [1.54, 1.807) is 4.68 Å². The maximum absolute atomic E-state index is 11.8. The summed E-state index contributed by atoms with van der Waals surface area (Å²) in [5.74, 6) is 0.748. The first-order valence-corrected chi connectivity index (χ1v) is 5.56. The Labute approximate surface area is 96.0 Å². The van der Waals surface area contributed by atoms with E-state index in [9.17, 15) is 4.79 Å². The van der Waals surface area contributed by atoms with Crippen molar-refractivity contribution in [2.24, 2.45) is 18.7 Å². The molecule has 0 saturated carbocycles. The summed E-state index contributed by atoms with van der Waals surface area (Å²) < 4.78 is 1.67. The molecular formula is C11H20N4O. The van der Waals surface area contributed by atoms with Gasteiger partial charge in [0, 0.05) is 19.0 Å². The maximum Gasteiger partial charge on any atom is 0.228 e. The average Bonchev–Trinajstić information content (AvgIpc) is 2.53. The van der Waals surface area contributed by atoms with E-state index < -0.39 is 0 Å². The number of anilines is 1. The smallest absolute Gasteiger partial charge is 0.228 e. The fourth-order valence-corrected chi connectivity index (χ4v) is 1.53. The fraction of sp³-hybridized carbons (Fsp3) is 0.636. The number of aromatic nitrogens is 2. The first kappa shape index (κ1) is 12.7. The Morgan fingerprint density at radius 2 is 2.38 bits per heavy atom. The van der Waals surface area contributed by atoms with E-state index >= 15 is 0 Å². The minimum Gasteiger partial charge on any atom is -0.330 e. The van der Waals surface area contributed by atoms with Gasteiger partial charge < -0.3 is 11.1 Å². The molecule has 0 aliphatic carbocycles. The number of nitrogens with one attached hydrogen (secondary N) is 1. The van der Waals surface area contributed by atoms with Gasteiger partial charge in [0.25, 0.3) is 0 Å². The fourth-order valence-electron chi connectivity index (χ4n) is 1.53. The Morgan fingerprint density at radius 1 is 1.69 bits per heavy atom. The molecule has 0 aromatic carbocycles. The van der Waals surface area contributed by atoms with Crippen molar-refractivity contribution >= 4 is 11.7 Å². The highest BCUT2D eigenvalue weighted by atomic mass is 16.1. The minimum absolute atomic E-state index is 0.0150. The van der Waals surface area contributed by atoms with Crippen LogP contribution >= 0.6 is 0 Å². The van der Waals surface area contributed by atoms with Crippen molar-refractivity contribution < 1.29 is 4.79 Å². The molecule has 1 aromatic rings. The average molecular weight is 224 g/mol. The number of amides is 1. The summed E-state index contributed by atoms with van der Waals surface area (Å²) in [6.07, 6.45) is 1.69. The summed E-state index contributed by atoms with van der Waals surface area (Å²) in [6, 6.07) is 1.85. The highest BCUT2D eigenvalue weighted by Crippen LogP contribution is 2.12. The normalized spacial score (nSPS) is 12.5. The Hall–Kier alpha value is -1.36. The molecule has 5 nitrogen and oxygen atoms in total. The monoisotopic (exact) mass is 224 g/mol. The van der Waals surface area contributed by atoms with Crippen LogP contribution in [-0.2, 0) is 11.8 Å². The summed E-state index contributed by atoms with van der Waals surface area (Å²) in [7, 11) is 1.81. The highest BCUT2D eigenvalue weighted by molar-refractivity contribution is 5.91. The molecule has 1 rings (SSSR count). The van der Waals surface area contributed by atoms with Crippen LogP contribution in [-0.4, -0.2) is 22.2 Å². The van der Waals surface area contributed by atoms with Crippen molar-refractivity contribution in [3.63, 3.8) is 0 Å². The summed E-state index contributed by atoms with van der Waals surface area (Å²) in [5.41, 5.74) is 6.31. The molecule has 1 amide bonds. The molecule has 0 aliphatic heterocycles. The summed E-state index contributed by atoms with van der Waals surface area (Å²) in [5, 5.41) is 7.03. The van der Waals surface area contributed by atoms with E-state index in [4.69, 9.17) is 5.73 Å². The molecule has 1 heterocycles. The summed E-state index contributed by atoms with van der Waals surface area (Å²) in [4.78, 5) is 11.8. The standard InChI is InChI=1S/C11H20N4O/c1-8(5-4-6-12)11(16)13-10-7-9(2)14-15(10)3/h7-8H,4-6,12H2,1-3H3,(H,13,16). The zero-order valence-electron chi connectivity index (χ0n) is 10.2. The van der Waals surface area contributed by atoms with Gasteiger partial charge in [-0.05, 0) is 26.3 Å². The van der Waals surface area contributed by atoms with Crippen molar-refractivity contribution in [2.75, 3.05) is 11.9 Å². The van der Waals surface area contributed by atoms with Crippen LogP contribution in [0, 0.1) is 12.8 Å². The number of nitrogens with two attached hydrogens (primary N) is 1. The predicted molar refractivity (Wildman–Crippen MR) is 64.0 cm³/mol. The molecule has 1 unspecified atom stereocenters. The minimum atomic E-state index is -0.0150. The number of rotatable bonds is 5. The second-order valence-corrected chi connectivity index (χ2v) is 4.12. The Bertz CT molecular complexity index is 359. The lowest BCUT2D eigenvalue weighted by molar-refractivity contribution is -0.119. The van der Waals surface area contributed by atoms with Crippen molar-refractivity contribution in [3.05, 3.63) is 11.8 Å². The van der Waals surface area contributed by atoms with Crippen LogP contribution in [0.1, 0.15) is 25.5 Å². The van der Waals surface area contributed by atoms with Crippen LogP contribution in [0.4, 0.5) is 5.82 Å². The van der Waals surface area contributed by atoms with Gasteiger partial charge in [0.15, 0.2) is 0 Å². The molecule has 16 heavy (non-hydrogen) atoms. The molecule has 5 heteroatoms. The second kappa shape index (κ2) is 5.65. The second-order valence-electron chi connectivity index (χ2n) is 4.12. The van der Waals surface area contributed by atoms with Crippen molar-refractivity contribution in [3.8, 4) is 0 Å². The van der Waals surface area contributed by atoms with E-state index in [0.29, 0.717) is 6.54 Å². The number of nitrogens with zero attached hydrogens (tertiary/aromatic N) is 2. The molecular weight excluding hydrogens is 204 g/mol. The molecule has 1 atom stereocenters. The van der Waals surface area contributed by atoms with Crippen LogP contribution < -0.4 is 11.1 Å². The first-order chi connectivity index (χ1) is 7.54. The van der Waals surface area contributed by atoms with E-state index in [2.05, 4.69) is 10.4 Å². The van der Waals surface area contributed by atoms with Crippen LogP contribution in [0.5, 0.6) is 0 Å². The molecule has 90 valence electrons. The zero-order chi connectivity index (χ0) is 12.1. The molecule has 3 N–H and O–H groups in total. The Balaban J connectivity index is 2.53. The van der Waals surface area contributed by atoms with Gasteiger partial charge in [-0.1, -0.05) is 6.92 Å². The summed E-state index contributed by atoms with van der Waals surface area (Å²) >= 11 is 0. The van der Waals surface area contributed by atoms with Crippen LogP contribution in [0.25, 0.3) is 0 Å². The van der Waals surface area contributed by atoms with Gasteiger partial charge in [-0.25, -0.2) is 0 Å². The van der Waals surface area contributed by atoms with Crippen LogP contribution in [0.2, 0.25) is 0 Å². The SMILES string of the molecule is Cc1cc(NC(=O)C(C)CCCN)n(C)n1. The largest absolute Gasteiger partial charge is 0.330 e. The number of carbonyl (C=O) groups is 1. The van der Waals surface area contributed by atoms with Gasteiger partial charge in [-0.15, -0.1) is 0 Å². The lowest BCUT2D eigenvalue weighted by Crippen LogP contribution is -2.22. The van der Waals surface area contributed by atoms with Gasteiger partial charge in [0.05, 0.1) is 5.69 Å². The van der Waals surface area contributed by atoms with E-state index in [1.165, 1.54) is 0 Å². The molecule has 0 fully saturated rings. The quantitative estimate of drug-likeness (QED) is 0.785. The number of aryl methyl sites for hydroxylation is 2. The topological polar surface area (TPSA) is 72.9 Å². The van der Waals surface area contributed by atoms with Gasteiger partial charge in [0.1, 0.15) is 5.82 Å². The summed E-state index contributed by atoms with van der Waals surface area (Å²) in [6.45, 7) is 4.43. The lowest BCUT2D eigenvalue weighted by atomic mass is 10.1. The van der Waals surface area contributed by atoms with Crippen LogP contribution in [0.15, 0.2) is 6.07 Å². The van der Waals surface area contributed by atoms with Gasteiger partial charge >= 0.3 is 0 Å². The molecule has 0 spiro atoms. The first-order valence-electron chi connectivity index (χ1n) is 5.56. The van der Waals surface area contributed by atoms with E-state index in [-0.39, 0.29) is 11.8 Å². The lowest BCUT2D eigenvalue weighted by Gasteiger charge is -2.11. The maximum atomic E-state index is 11.8. The molecule has 0 bridgehead atoms. The number of carbonyl (C=O) groups excluding carboxylic acids is 1. The number of hydrogen-bond donors (Lipinski definition) is 2. The van der Waals surface area contributed by atoms with Crippen molar-refractivity contribution in [1.29, 1.82) is 0 Å². The van der Waals surface area contributed by atoms with Crippen LogP contribution in [0.3, 0.4) is 0 Å². The number of hydrogen-bond acceptors (Lipinski definition) is 3. The highest BCUT2D eigenvalue weighted by Gasteiger charge is 2.14. The van der Waals surface area contributed by atoms with Crippen molar-refractivity contribution in [1.82, 2.24) is 9.78 Å². The van der Waals surface area contributed by atoms with Crippen molar-refractivity contribution in [2.45, 2.75) is 26.7 Å².